The van der Waals surface area contributed by atoms with Crippen LogP contribution in [-0.4, -0.2) is 56.8 Å². The summed E-state index contributed by atoms with van der Waals surface area (Å²) in [6.45, 7) is 27.5. The Hall–Kier alpha value is 1.04. The first-order valence-corrected chi connectivity index (χ1v) is 18.3. The van der Waals surface area contributed by atoms with Crippen LogP contribution in [0.2, 0.25) is 57.4 Å². The van der Waals surface area contributed by atoms with Gasteiger partial charge in [0.05, 0.1) is 0 Å². The molecule has 142 valence electrons. The molecule has 0 saturated carbocycles. The van der Waals surface area contributed by atoms with E-state index in [1.807, 2.05) is 0 Å². The van der Waals surface area contributed by atoms with Gasteiger partial charge in [-0.2, -0.15) is 0 Å². The summed E-state index contributed by atoms with van der Waals surface area (Å²) in [6, 6.07) is 0. The maximum atomic E-state index is 4.86. The zero-order valence-corrected chi connectivity index (χ0v) is 22.1. The van der Waals surface area contributed by atoms with Crippen molar-refractivity contribution in [2.75, 3.05) is 27.2 Å². The van der Waals surface area contributed by atoms with E-state index >= 15 is 0 Å². The largest absolute Gasteiger partial charge is 3.00 e. The Bertz CT molecular complexity index is 291. The van der Waals surface area contributed by atoms with Crippen molar-refractivity contribution >= 4 is 24.7 Å². The fourth-order valence-corrected chi connectivity index (χ4v) is 11.0. The van der Waals surface area contributed by atoms with Crippen molar-refractivity contribution in [2.45, 2.75) is 78.2 Å². The minimum Gasteiger partial charge on any atom is -0.668 e. The second-order valence-electron chi connectivity index (χ2n) is 9.95. The summed E-state index contributed by atoms with van der Waals surface area (Å²) in [7, 11) is 0.612. The predicted molar refractivity (Wildman–Crippen MR) is 114 cm³/mol. The Morgan fingerprint density at radius 3 is 1.30 bits per heavy atom. The van der Waals surface area contributed by atoms with Crippen LogP contribution < -0.4 is 0 Å². The third-order valence-electron chi connectivity index (χ3n) is 3.56. The first-order valence-electron chi connectivity index (χ1n) is 8.45. The van der Waals surface area contributed by atoms with Crippen molar-refractivity contribution in [1.82, 2.24) is 4.90 Å². The standard InChI is InChI=1S/C10H25N2Si.C6H18NSi2.Co/c1-10(2,3)13(6,7)11-8-9-12(4)5;1-8(2,3)7-9(4,5)6;/h8-9H2,1-7H3;1-6H3;/q2*-1;+3. The minimum absolute atomic E-state index is 0. The summed E-state index contributed by atoms with van der Waals surface area (Å²) in [5, 5.41) is 0.388. The van der Waals surface area contributed by atoms with Gasteiger partial charge < -0.3 is 14.5 Å². The van der Waals surface area contributed by atoms with Gasteiger partial charge in [-0.25, -0.2) is 0 Å². The van der Waals surface area contributed by atoms with Crippen LogP contribution in [0.1, 0.15) is 20.8 Å². The molecule has 0 aliphatic carbocycles. The van der Waals surface area contributed by atoms with E-state index in [9.17, 15) is 0 Å². The van der Waals surface area contributed by atoms with Crippen LogP contribution in [0.5, 0.6) is 0 Å². The second-order valence-corrected chi connectivity index (χ2v) is 24.5. The maximum Gasteiger partial charge on any atom is 3.00 e. The summed E-state index contributed by atoms with van der Waals surface area (Å²) in [6.07, 6.45) is 0. The van der Waals surface area contributed by atoms with Gasteiger partial charge in [0.2, 0.25) is 0 Å². The molecule has 0 aliphatic rings. The van der Waals surface area contributed by atoms with Gasteiger partial charge in [-0.15, -0.1) is 6.54 Å². The van der Waals surface area contributed by atoms with E-state index in [0.717, 1.165) is 13.1 Å². The van der Waals surface area contributed by atoms with Gasteiger partial charge in [0, 0.05) is 0 Å². The fraction of sp³-hybridized carbons (Fsp3) is 1.00. The molecule has 0 amide bonds. The number of likely N-dealkylation sites (N-methyl/N-ethyl adjacent to an activating group) is 1. The summed E-state index contributed by atoms with van der Waals surface area (Å²) in [4.78, 5) is 7.06. The quantitative estimate of drug-likeness (QED) is 0.488. The topological polar surface area (TPSA) is 31.4 Å². The van der Waals surface area contributed by atoms with E-state index in [-0.39, 0.29) is 16.8 Å². The Kier molecular flexibility index (Phi) is 13.7. The normalized spacial score (nSPS) is 13.3. The van der Waals surface area contributed by atoms with Crippen LogP contribution in [0.25, 0.3) is 9.63 Å². The van der Waals surface area contributed by atoms with E-state index in [0.29, 0.717) is 5.04 Å². The smallest absolute Gasteiger partial charge is 0.668 e. The van der Waals surface area contributed by atoms with Crippen molar-refractivity contribution in [3.05, 3.63) is 9.63 Å². The van der Waals surface area contributed by atoms with Crippen LogP contribution in [0, 0.1) is 0 Å². The number of nitrogens with zero attached hydrogens (tertiary/aromatic N) is 3. The van der Waals surface area contributed by atoms with Gasteiger partial charge in [-0.1, -0.05) is 103 Å². The Labute approximate surface area is 161 Å². The molecule has 0 rings (SSSR count). The fourth-order valence-electron chi connectivity index (χ4n) is 1.77. The molecule has 0 unspecified atom stereocenters. The predicted octanol–water partition coefficient (Wildman–Crippen LogP) is 5.95. The van der Waals surface area contributed by atoms with Crippen molar-refractivity contribution < 1.29 is 16.8 Å². The Morgan fingerprint density at radius 2 is 1.13 bits per heavy atom. The zero-order valence-electron chi connectivity index (χ0n) is 18.1. The number of hydrogen-bond donors (Lipinski definition) is 0. The van der Waals surface area contributed by atoms with Gasteiger partial charge in [0.25, 0.3) is 0 Å². The Morgan fingerprint density at radius 1 is 0.783 bits per heavy atom. The summed E-state index contributed by atoms with van der Waals surface area (Å²) in [5.74, 6) is 0. The molecule has 0 saturated heterocycles. The third-order valence-corrected chi connectivity index (χ3v) is 13.6. The average molecular weight is 421 g/mol. The molecule has 0 aromatic rings. The molecule has 0 spiro atoms. The molecular weight excluding hydrogens is 377 g/mol. The van der Waals surface area contributed by atoms with Crippen LogP contribution in [0.3, 0.4) is 0 Å². The monoisotopic (exact) mass is 420 g/mol. The van der Waals surface area contributed by atoms with Gasteiger partial charge >= 0.3 is 16.8 Å². The summed E-state index contributed by atoms with van der Waals surface area (Å²) < 4.78 is 4.82. The van der Waals surface area contributed by atoms with Gasteiger partial charge in [0.1, 0.15) is 0 Å². The summed E-state index contributed by atoms with van der Waals surface area (Å²) in [5.41, 5.74) is 0. The zero-order chi connectivity index (χ0) is 18.4. The first kappa shape index (κ1) is 28.8. The van der Waals surface area contributed by atoms with Crippen LogP contribution in [0.15, 0.2) is 0 Å². The molecule has 0 heterocycles. The van der Waals surface area contributed by atoms with Crippen LogP contribution in [-0.2, 0) is 16.8 Å². The van der Waals surface area contributed by atoms with Gasteiger partial charge in [0.15, 0.2) is 0 Å². The molecule has 0 N–H and O–H groups in total. The van der Waals surface area contributed by atoms with Gasteiger partial charge in [-0.3, -0.25) is 0 Å². The molecule has 3 nitrogen and oxygen atoms in total. The molecule has 7 heteroatoms. The van der Waals surface area contributed by atoms with Crippen molar-refractivity contribution in [2.24, 2.45) is 0 Å². The Balaban J connectivity index is -0.000000354. The van der Waals surface area contributed by atoms with Gasteiger partial charge in [-0.05, 0) is 20.6 Å². The maximum absolute atomic E-state index is 4.86. The molecule has 0 atom stereocenters. The van der Waals surface area contributed by atoms with E-state index in [4.69, 9.17) is 9.63 Å². The van der Waals surface area contributed by atoms with Crippen LogP contribution in [0.4, 0.5) is 0 Å². The van der Waals surface area contributed by atoms with E-state index in [2.05, 4.69) is 92.1 Å². The number of hydrogen-bond acceptors (Lipinski definition) is 1. The third kappa shape index (κ3) is 19.2. The molecule has 23 heavy (non-hydrogen) atoms. The van der Waals surface area contributed by atoms with E-state index in [1.165, 1.54) is 0 Å². The SMILES string of the molecule is CN(C)CC[N-][Si](C)(C)C(C)(C)C.C[Si](C)(C)[N-][Si](C)(C)C.[Co+3]. The summed E-state index contributed by atoms with van der Waals surface area (Å²) >= 11 is 0. The molecular formula is C16H43CoN3Si3+. The molecule has 0 aromatic carbocycles. The molecule has 0 fully saturated rings. The molecule has 0 bridgehead atoms. The van der Waals surface area contributed by atoms with E-state index < -0.39 is 24.7 Å². The molecule has 0 aliphatic heterocycles. The minimum atomic E-state index is -1.37. The average Bonchev–Trinajstić information content (AvgIpc) is 2.08. The van der Waals surface area contributed by atoms with Crippen LogP contribution >= 0.6 is 0 Å². The number of rotatable bonds is 6. The first-order chi connectivity index (χ1) is 9.37. The molecule has 0 radical (unpaired) electrons. The second kappa shape index (κ2) is 10.9. The van der Waals surface area contributed by atoms with Crippen molar-refractivity contribution in [3.8, 4) is 0 Å². The molecule has 0 aromatic heterocycles. The van der Waals surface area contributed by atoms with Crippen molar-refractivity contribution in [3.63, 3.8) is 0 Å². The van der Waals surface area contributed by atoms with E-state index in [1.54, 1.807) is 0 Å². The van der Waals surface area contributed by atoms with Crippen molar-refractivity contribution in [1.29, 1.82) is 0 Å².